The number of carbonyl (C=O) groups excluding carboxylic acids is 1. The average molecular weight is 2000 g/mol. The van der Waals surface area contributed by atoms with Gasteiger partial charge < -0.3 is 57.1 Å². The quantitative estimate of drug-likeness (QED) is 0.0171. The Morgan fingerprint density at radius 1 is 0.523 bits per heavy atom. The summed E-state index contributed by atoms with van der Waals surface area (Å²) in [6, 6.07) is 26.1. The molecule has 5 saturated heterocycles. The van der Waals surface area contributed by atoms with E-state index in [0.29, 0.717) is 110 Å². The highest BCUT2D eigenvalue weighted by atomic mass is 35.5. The number of esters is 1. The van der Waals surface area contributed by atoms with E-state index in [1.807, 2.05) is 53.3 Å². The third-order valence-corrected chi connectivity index (χ3v) is 26.9. The summed E-state index contributed by atoms with van der Waals surface area (Å²) in [4.78, 5) is 16.0. The number of rotatable bonds is 22. The Morgan fingerprint density at radius 2 is 0.946 bits per heavy atom. The van der Waals surface area contributed by atoms with Crippen molar-refractivity contribution in [2.45, 2.75) is 197 Å². The number of anilines is 1. The van der Waals surface area contributed by atoms with Gasteiger partial charge in [-0.3, -0.25) is 51.3 Å². The van der Waals surface area contributed by atoms with Crippen LogP contribution in [0.15, 0.2) is 126 Å². The summed E-state index contributed by atoms with van der Waals surface area (Å²) in [5.41, 5.74) is 38.8. The molecule has 27 nitrogen and oxygen atoms in total. The zero-order valence-electron chi connectivity index (χ0n) is 71.9. The van der Waals surface area contributed by atoms with Crippen LogP contribution in [0.1, 0.15) is 151 Å². The fourth-order valence-corrected chi connectivity index (χ4v) is 19.8. The normalized spacial score (nSPS) is 25.0. The van der Waals surface area contributed by atoms with Gasteiger partial charge in [0.15, 0.2) is 11.6 Å². The Hall–Kier alpha value is -6.85. The number of ether oxygens (including phenoxy) is 6. The van der Waals surface area contributed by atoms with Crippen LogP contribution in [0, 0.1) is 35.0 Å². The number of pyridine rings is 1. The van der Waals surface area contributed by atoms with Crippen molar-refractivity contribution in [3.8, 4) is 17.0 Å². The van der Waals surface area contributed by atoms with E-state index < -0.39 is 65.8 Å². The van der Waals surface area contributed by atoms with Crippen LogP contribution in [0.3, 0.4) is 0 Å². The lowest BCUT2D eigenvalue weighted by molar-refractivity contribution is -0.145. The van der Waals surface area contributed by atoms with Crippen LogP contribution in [0.25, 0.3) is 22.2 Å². The largest absolute Gasteiger partial charge is 0.482 e. The molecule has 0 amide bonds. The number of carbonyl (C=O) groups is 1. The van der Waals surface area contributed by atoms with Crippen LogP contribution in [0.4, 0.5) is 27.8 Å². The number of aromatic nitrogens is 5. The highest BCUT2D eigenvalue weighted by Crippen LogP contribution is 2.43. The molecule has 9 aromatic rings. The zero-order chi connectivity index (χ0) is 93.6. The number of nitrogens with zero attached hydrogens (tertiary/aromatic N) is 9. The molecule has 10 heterocycles. The van der Waals surface area contributed by atoms with Crippen LogP contribution < -0.4 is 60.1 Å². The van der Waals surface area contributed by atoms with Gasteiger partial charge in [-0.1, -0.05) is 134 Å². The molecule has 130 heavy (non-hydrogen) atoms. The average Bonchev–Trinajstić information content (AvgIpc) is 1.62. The molecule has 42 heteroatoms. The van der Waals surface area contributed by atoms with Gasteiger partial charge in [0.1, 0.15) is 41.1 Å². The van der Waals surface area contributed by atoms with Gasteiger partial charge in [-0.15, -0.1) is 0 Å². The van der Waals surface area contributed by atoms with Crippen molar-refractivity contribution in [1.82, 2.24) is 66.7 Å². The fourth-order valence-electron chi connectivity index (χ4n) is 16.4. The molecule has 0 spiro atoms. The number of hydrazone groups is 2. The maximum absolute atomic E-state index is 13.9. The van der Waals surface area contributed by atoms with Crippen LogP contribution in [0.5, 0.6) is 5.75 Å². The standard InChI is InChI=1S/C20H21Cl2FN4O.C19H25Cl2FN4O3.C17H25Cl2FN4O.C16H21Cl2FN4O.C16H13Cl2FN4O/c1-11(18-14(21)6-7-15(23)19(18)22)28-17-8-13(10-25-20(17)24)27-16-5-3-2-4-12(16)9-26-27;1-3-28-19(27)11-7-25-26(9-11)12-6-15(18(23)24-8-12)29-10(2)16-13(20)4-5-14(22)17(16)21;1-9-5-6-24(23-9)11-7-14(17(21)22-8-11)25-10(2)15-12(18)3-4-13(20)16(15)19;1-9(14-11(17)3-4-12(19)15(14)18)24-13-7-10(8-21-16(13)20)23-6-2-5-22-23;1-8(14-10(17)2-3-11(19)15(14)18)24-13-6-9(7-21-16(13)20)12-4-5-22-23-12/h2-7,9,11,13,17,20,25H,8,10,24H2,1H3;4-5,7,10-12,15,18,24H,3,6,8-9,23H2,1-2H3;3-4,9-11,14,17,22-23H,5-8,21H2,1-2H3;3-5,9-10,13,16,21H,2,6-8,20H2,1H3;2-8H,1H3,(H2,20,21)(H,22,23). The Balaban J connectivity index is 0.000000147. The summed E-state index contributed by atoms with van der Waals surface area (Å²) in [6.45, 7) is 18.4. The van der Waals surface area contributed by atoms with Crippen molar-refractivity contribution in [1.29, 1.82) is 0 Å². The zero-order valence-corrected chi connectivity index (χ0v) is 79.5. The van der Waals surface area contributed by atoms with E-state index in [1.165, 1.54) is 60.7 Å². The van der Waals surface area contributed by atoms with E-state index in [1.54, 1.807) is 65.4 Å². The summed E-state index contributed by atoms with van der Waals surface area (Å²) in [5.74, 6) is -2.78. The van der Waals surface area contributed by atoms with Crippen molar-refractivity contribution in [3.05, 3.63) is 223 Å². The molecule has 0 bridgehead atoms. The number of nitrogen functional groups attached to an aromatic ring is 1. The van der Waals surface area contributed by atoms with Crippen molar-refractivity contribution in [3.63, 3.8) is 0 Å². The molecule has 7 aliphatic rings. The number of hydrazine groups is 1. The Bertz CT molecular complexity index is 5390. The Kier molecular flexibility index (Phi) is 37.0. The molecule has 6 aromatic carbocycles. The number of para-hydroxylation sites is 1. The van der Waals surface area contributed by atoms with Gasteiger partial charge in [0.25, 0.3) is 0 Å². The van der Waals surface area contributed by atoms with Crippen molar-refractivity contribution < 1.29 is 55.2 Å². The molecule has 7 aliphatic heterocycles. The predicted octanol–water partition coefficient (Wildman–Crippen LogP) is 17.5. The second kappa shape index (κ2) is 47.1. The number of hydrogen-bond acceptors (Lipinski definition) is 25. The van der Waals surface area contributed by atoms with Gasteiger partial charge in [0, 0.05) is 153 Å². The second-order valence-corrected chi connectivity index (χ2v) is 36.3. The first kappa shape index (κ1) is 102. The smallest absolute Gasteiger partial charge is 0.316 e. The van der Waals surface area contributed by atoms with E-state index in [0.717, 1.165) is 74.0 Å². The van der Waals surface area contributed by atoms with Gasteiger partial charge in [-0.2, -0.15) is 20.4 Å². The number of benzene rings is 6. The van der Waals surface area contributed by atoms with Gasteiger partial charge in [-0.25, -0.2) is 31.9 Å². The number of hydrogen-bond donors (Lipinski definition) is 11. The lowest BCUT2D eigenvalue weighted by atomic mass is 10.0. The van der Waals surface area contributed by atoms with Crippen LogP contribution >= 0.6 is 116 Å². The molecular formula is C88H105Cl10F5N20O7. The third kappa shape index (κ3) is 25.4. The molecule has 19 atom stereocenters. The molecule has 704 valence electrons. The molecule has 5 fully saturated rings. The fraction of sp³-hybridized carbons (Fsp3) is 0.455. The summed E-state index contributed by atoms with van der Waals surface area (Å²) >= 11 is 61.3. The van der Waals surface area contributed by atoms with E-state index in [2.05, 4.69) is 74.1 Å². The number of piperidine rings is 4. The van der Waals surface area contributed by atoms with Crippen molar-refractivity contribution in [2.75, 3.05) is 58.2 Å². The van der Waals surface area contributed by atoms with E-state index in [-0.39, 0.29) is 104 Å². The SMILES string of the molecule is CC(OC1CC(N2CCC=N2)CNC1N)c1c(Cl)ccc(F)c1Cl.CC(OC1CC(n2ncc3ccccc32)CNC1N)c1c(Cl)ccc(F)c1Cl.CC(Oc1cc(-c2ccn[nH]2)cnc1N)c1c(Cl)ccc(F)c1Cl.CC1CCN(C2CNC(N)C(OC(C)c3c(Cl)ccc(F)c3Cl)C2)N1.CCOC(=O)C1C=NN(C2CNC(N)C(OC(C)c3c(Cl)ccc(F)c3Cl)C2)C1. The van der Waals surface area contributed by atoms with E-state index >= 15 is 0 Å². The van der Waals surface area contributed by atoms with E-state index in [9.17, 15) is 26.7 Å². The third-order valence-electron chi connectivity index (χ3n) is 23.3. The molecule has 16 rings (SSSR count). The summed E-state index contributed by atoms with van der Waals surface area (Å²) < 4.78 is 106. The topological polar surface area (TPSA) is 357 Å². The monoisotopic (exact) mass is 2000 g/mol. The summed E-state index contributed by atoms with van der Waals surface area (Å²) in [7, 11) is 0. The molecule has 3 aromatic heterocycles. The molecular weight excluding hydrogens is 1900 g/mol. The van der Waals surface area contributed by atoms with Gasteiger partial charge in [0.05, 0.1) is 147 Å². The maximum atomic E-state index is 13.9. The van der Waals surface area contributed by atoms with Crippen LogP contribution in [-0.2, 0) is 28.5 Å². The van der Waals surface area contributed by atoms with E-state index in [4.69, 9.17) is 173 Å². The maximum Gasteiger partial charge on any atom is 0.316 e. The minimum atomic E-state index is -0.623. The van der Waals surface area contributed by atoms with Crippen molar-refractivity contribution >= 4 is 151 Å². The summed E-state index contributed by atoms with van der Waals surface area (Å²) in [6.07, 6.45) is 8.30. The lowest BCUT2D eigenvalue weighted by Gasteiger charge is -2.40. The van der Waals surface area contributed by atoms with Crippen LogP contribution in [0.2, 0.25) is 50.2 Å². The number of nitrogens with two attached hydrogens (primary N) is 5. The molecule has 19 unspecified atom stereocenters. The Labute approximate surface area is 801 Å². The van der Waals surface area contributed by atoms with Crippen LogP contribution in [-0.4, -0.2) is 184 Å². The Morgan fingerprint density at radius 3 is 1.37 bits per heavy atom. The highest BCUT2D eigenvalue weighted by molar-refractivity contribution is 6.38. The number of nitrogens with one attached hydrogen (secondary N) is 6. The molecule has 0 saturated carbocycles. The van der Waals surface area contributed by atoms with Gasteiger partial charge in [-0.05, 0) is 153 Å². The minimum Gasteiger partial charge on any atom is -0.482 e. The number of fused-ring (bicyclic) bond motifs is 1. The number of aromatic amines is 1. The number of H-pyrrole nitrogens is 1. The first-order chi connectivity index (χ1) is 62.1. The van der Waals surface area contributed by atoms with Gasteiger partial charge in [0.2, 0.25) is 0 Å². The lowest BCUT2D eigenvalue weighted by Crippen LogP contribution is -2.61. The summed E-state index contributed by atoms with van der Waals surface area (Å²) in [5, 5.41) is 41.9. The number of halogens is 15. The minimum absolute atomic E-state index is 0.00363. The molecule has 0 radical (unpaired) electrons. The molecule has 0 aliphatic carbocycles. The first-order valence-electron chi connectivity index (χ1n) is 42.5. The van der Waals surface area contributed by atoms with Crippen molar-refractivity contribution in [2.24, 2.45) is 39.1 Å². The second-order valence-electron chi connectivity index (χ2n) is 32.3. The molecule has 16 N–H and O–H groups in total. The predicted molar refractivity (Wildman–Crippen MR) is 502 cm³/mol. The highest BCUT2D eigenvalue weighted by Gasteiger charge is 2.41. The van der Waals surface area contributed by atoms with Gasteiger partial charge >= 0.3 is 5.97 Å². The first-order valence-corrected chi connectivity index (χ1v) is 46.2.